The van der Waals surface area contributed by atoms with Crippen molar-refractivity contribution in [3.63, 3.8) is 0 Å². The van der Waals surface area contributed by atoms with Gasteiger partial charge in [-0.15, -0.1) is 5.10 Å². The topological polar surface area (TPSA) is 98.0 Å². The Labute approximate surface area is 85.6 Å². The van der Waals surface area contributed by atoms with Gasteiger partial charge in [0.1, 0.15) is 0 Å². The van der Waals surface area contributed by atoms with Crippen LogP contribution in [-0.2, 0) is 17.2 Å². The zero-order valence-electron chi connectivity index (χ0n) is 7.49. The summed E-state index contributed by atoms with van der Waals surface area (Å²) in [6, 6.07) is 0. The highest BCUT2D eigenvalue weighted by Crippen LogP contribution is 2.13. The molecule has 0 bridgehead atoms. The van der Waals surface area contributed by atoms with Crippen molar-refractivity contribution in [1.29, 1.82) is 0 Å². The molecule has 1 heterocycles. The van der Waals surface area contributed by atoms with Gasteiger partial charge < -0.3 is 0 Å². The lowest BCUT2D eigenvalue weighted by molar-refractivity contribution is 0.482. The fraction of sp³-hybridized carbons (Fsp3) is 0.800. The standard InChI is InChI=1S/C5H10N4O3S2/c1-9-5(6-7-8-9)13-3-2-4-14(10,11)12/h2-4H2,1H3,(H,10,11,12). The summed E-state index contributed by atoms with van der Waals surface area (Å²) in [4.78, 5) is 0. The van der Waals surface area contributed by atoms with Gasteiger partial charge in [0, 0.05) is 12.8 Å². The Morgan fingerprint density at radius 2 is 2.29 bits per heavy atom. The number of hydrogen-bond acceptors (Lipinski definition) is 6. The van der Waals surface area contributed by atoms with E-state index in [2.05, 4.69) is 15.5 Å². The monoisotopic (exact) mass is 238 g/mol. The molecule has 0 fully saturated rings. The first-order valence-corrected chi connectivity index (χ1v) is 6.39. The van der Waals surface area contributed by atoms with Crippen molar-refractivity contribution in [3.05, 3.63) is 0 Å². The SMILES string of the molecule is Cn1nnnc1SCCCS(=O)(=O)O. The van der Waals surface area contributed by atoms with Crippen molar-refractivity contribution in [3.8, 4) is 0 Å². The van der Waals surface area contributed by atoms with E-state index in [0.29, 0.717) is 17.3 Å². The third kappa shape index (κ3) is 4.03. The van der Waals surface area contributed by atoms with Crippen LogP contribution >= 0.6 is 11.8 Å². The van der Waals surface area contributed by atoms with Gasteiger partial charge in [-0.3, -0.25) is 4.55 Å². The van der Waals surface area contributed by atoms with E-state index in [-0.39, 0.29) is 5.75 Å². The summed E-state index contributed by atoms with van der Waals surface area (Å²) in [5.74, 6) is 0.319. The van der Waals surface area contributed by atoms with Crippen molar-refractivity contribution in [2.45, 2.75) is 11.6 Å². The van der Waals surface area contributed by atoms with Gasteiger partial charge in [-0.2, -0.15) is 8.42 Å². The quantitative estimate of drug-likeness (QED) is 0.422. The van der Waals surface area contributed by atoms with E-state index in [1.165, 1.54) is 16.4 Å². The van der Waals surface area contributed by atoms with Crippen molar-refractivity contribution in [2.24, 2.45) is 7.05 Å². The molecule has 1 aromatic heterocycles. The molecular weight excluding hydrogens is 228 g/mol. The molecule has 0 amide bonds. The van der Waals surface area contributed by atoms with Crippen LogP contribution in [0.1, 0.15) is 6.42 Å². The summed E-state index contributed by atoms with van der Waals surface area (Å²) in [6.45, 7) is 0. The second-order valence-corrected chi connectivity index (χ2v) is 5.21. The lowest BCUT2D eigenvalue weighted by atomic mass is 10.6. The van der Waals surface area contributed by atoms with Gasteiger partial charge in [-0.25, -0.2) is 4.68 Å². The van der Waals surface area contributed by atoms with E-state index in [9.17, 15) is 8.42 Å². The minimum absolute atomic E-state index is 0.231. The third-order valence-electron chi connectivity index (χ3n) is 1.36. The second kappa shape index (κ2) is 4.71. The first-order chi connectivity index (χ1) is 6.49. The molecular formula is C5H10N4O3S2. The summed E-state index contributed by atoms with van der Waals surface area (Å²) in [5.41, 5.74) is 0. The van der Waals surface area contributed by atoms with Crippen LogP contribution in [0.3, 0.4) is 0 Å². The highest BCUT2D eigenvalue weighted by Gasteiger charge is 2.06. The third-order valence-corrected chi connectivity index (χ3v) is 3.26. The Kier molecular flexibility index (Phi) is 3.84. The van der Waals surface area contributed by atoms with Crippen LogP contribution < -0.4 is 0 Å². The van der Waals surface area contributed by atoms with Gasteiger partial charge in [0.2, 0.25) is 5.16 Å². The molecule has 1 N–H and O–H groups in total. The molecule has 1 rings (SSSR count). The minimum Gasteiger partial charge on any atom is -0.286 e. The number of hydrogen-bond donors (Lipinski definition) is 1. The van der Waals surface area contributed by atoms with Crippen LogP contribution in [0.5, 0.6) is 0 Å². The molecule has 0 atom stereocenters. The maximum Gasteiger partial charge on any atom is 0.264 e. The molecule has 9 heteroatoms. The normalized spacial score (nSPS) is 11.9. The summed E-state index contributed by atoms with van der Waals surface area (Å²) in [7, 11) is -2.15. The molecule has 0 saturated heterocycles. The van der Waals surface area contributed by atoms with Crippen molar-refractivity contribution < 1.29 is 13.0 Å². The fourth-order valence-corrected chi connectivity index (χ4v) is 2.23. The van der Waals surface area contributed by atoms with Gasteiger partial charge in [-0.1, -0.05) is 11.8 Å². The molecule has 1 aromatic rings. The van der Waals surface area contributed by atoms with Crippen LogP contribution in [0.25, 0.3) is 0 Å². The summed E-state index contributed by atoms with van der Waals surface area (Å²) >= 11 is 1.35. The van der Waals surface area contributed by atoms with Crippen molar-refractivity contribution in [1.82, 2.24) is 20.2 Å². The number of aromatic nitrogens is 4. The van der Waals surface area contributed by atoms with Crippen molar-refractivity contribution in [2.75, 3.05) is 11.5 Å². The van der Waals surface area contributed by atoms with E-state index in [0.717, 1.165) is 0 Å². The van der Waals surface area contributed by atoms with E-state index >= 15 is 0 Å². The first kappa shape index (κ1) is 11.4. The Balaban J connectivity index is 2.26. The largest absolute Gasteiger partial charge is 0.286 e. The van der Waals surface area contributed by atoms with E-state index < -0.39 is 10.1 Å². The second-order valence-electron chi connectivity index (χ2n) is 2.57. The van der Waals surface area contributed by atoms with Gasteiger partial charge in [0.25, 0.3) is 10.1 Å². The molecule has 0 saturated carbocycles. The predicted molar refractivity (Wildman–Crippen MR) is 50.6 cm³/mol. The van der Waals surface area contributed by atoms with Crippen LogP contribution in [-0.4, -0.2) is 44.7 Å². The first-order valence-electron chi connectivity index (χ1n) is 3.79. The van der Waals surface area contributed by atoms with Crippen LogP contribution in [0.15, 0.2) is 5.16 Å². The number of aryl methyl sites for hydroxylation is 1. The smallest absolute Gasteiger partial charge is 0.264 e. The molecule has 7 nitrogen and oxygen atoms in total. The molecule has 0 aliphatic heterocycles. The van der Waals surface area contributed by atoms with Gasteiger partial charge in [0.15, 0.2) is 0 Å². The van der Waals surface area contributed by atoms with Crippen LogP contribution in [0, 0.1) is 0 Å². The summed E-state index contributed by atoms with van der Waals surface area (Å²) in [5, 5.41) is 11.4. The Morgan fingerprint density at radius 1 is 1.57 bits per heavy atom. The zero-order chi connectivity index (χ0) is 10.6. The Bertz CT molecular complexity index is 387. The maximum absolute atomic E-state index is 10.4. The Morgan fingerprint density at radius 3 is 2.79 bits per heavy atom. The van der Waals surface area contributed by atoms with E-state index in [4.69, 9.17) is 4.55 Å². The van der Waals surface area contributed by atoms with Gasteiger partial charge in [-0.05, 0) is 16.8 Å². The molecule has 14 heavy (non-hydrogen) atoms. The molecule has 0 aliphatic rings. The van der Waals surface area contributed by atoms with Crippen molar-refractivity contribution >= 4 is 21.9 Å². The molecule has 0 aromatic carbocycles. The minimum atomic E-state index is -3.85. The van der Waals surface area contributed by atoms with E-state index in [1.54, 1.807) is 7.05 Å². The molecule has 0 unspecified atom stereocenters. The fourth-order valence-electron chi connectivity index (χ4n) is 0.748. The molecule has 0 spiro atoms. The maximum atomic E-state index is 10.4. The summed E-state index contributed by atoms with van der Waals surface area (Å²) < 4.78 is 30.7. The predicted octanol–water partition coefficient (Wildman–Crippen LogP) is -0.420. The summed E-state index contributed by atoms with van der Waals surface area (Å²) in [6.07, 6.45) is 0.371. The average molecular weight is 238 g/mol. The number of thioether (sulfide) groups is 1. The highest BCUT2D eigenvalue weighted by molar-refractivity contribution is 7.99. The molecule has 0 radical (unpaired) electrons. The zero-order valence-corrected chi connectivity index (χ0v) is 9.12. The lowest BCUT2D eigenvalue weighted by Crippen LogP contribution is -2.04. The number of rotatable bonds is 5. The van der Waals surface area contributed by atoms with Crippen LogP contribution in [0.4, 0.5) is 0 Å². The molecule has 0 aliphatic carbocycles. The Hall–Kier alpha value is -0.670. The number of nitrogens with zero attached hydrogens (tertiary/aromatic N) is 4. The lowest BCUT2D eigenvalue weighted by Gasteiger charge is -1.97. The van der Waals surface area contributed by atoms with E-state index in [1.807, 2.05) is 0 Å². The van der Waals surface area contributed by atoms with Gasteiger partial charge >= 0.3 is 0 Å². The van der Waals surface area contributed by atoms with Crippen LogP contribution in [0.2, 0.25) is 0 Å². The highest BCUT2D eigenvalue weighted by atomic mass is 32.2. The number of tetrazole rings is 1. The molecule has 80 valence electrons. The van der Waals surface area contributed by atoms with Gasteiger partial charge in [0.05, 0.1) is 5.75 Å². The average Bonchev–Trinajstić information content (AvgIpc) is 2.44.